The topological polar surface area (TPSA) is 52.6 Å². The molecule has 0 bridgehead atoms. The lowest BCUT2D eigenvalue weighted by molar-refractivity contribution is -0.161. The van der Waals surface area contributed by atoms with Crippen molar-refractivity contribution in [2.45, 2.75) is 38.9 Å². The molecule has 0 aromatic rings. The molecule has 0 spiro atoms. The van der Waals surface area contributed by atoms with Gasteiger partial charge in [-0.2, -0.15) is 0 Å². The molecule has 0 radical (unpaired) electrons. The number of allylic oxidation sites excluding steroid dienone is 1. The standard InChI is InChI=1S/C14H18O4/c1-4-11(12-6-5-7-13(15)18-12)17-14(16)9-8-10(2)3/h4-6,8,11-12H,1,7,9H2,2-3H3. The predicted octanol–water partition coefficient (Wildman–Crippen LogP) is 2.31. The molecule has 0 aromatic carbocycles. The monoisotopic (exact) mass is 250 g/mol. The number of cyclic esters (lactones) is 1. The van der Waals surface area contributed by atoms with E-state index in [-0.39, 0.29) is 24.8 Å². The summed E-state index contributed by atoms with van der Waals surface area (Å²) >= 11 is 0. The molecule has 0 fully saturated rings. The van der Waals surface area contributed by atoms with Crippen LogP contribution in [-0.2, 0) is 19.1 Å². The van der Waals surface area contributed by atoms with E-state index < -0.39 is 12.2 Å². The van der Waals surface area contributed by atoms with Crippen molar-refractivity contribution in [1.29, 1.82) is 0 Å². The number of carbonyl (C=O) groups is 2. The Morgan fingerprint density at radius 1 is 1.67 bits per heavy atom. The molecule has 0 saturated heterocycles. The van der Waals surface area contributed by atoms with Gasteiger partial charge in [-0.25, -0.2) is 0 Å². The van der Waals surface area contributed by atoms with Crippen molar-refractivity contribution in [3.63, 3.8) is 0 Å². The van der Waals surface area contributed by atoms with Crippen LogP contribution in [0.5, 0.6) is 0 Å². The van der Waals surface area contributed by atoms with E-state index in [1.807, 2.05) is 13.8 Å². The van der Waals surface area contributed by atoms with Crippen molar-refractivity contribution in [3.05, 3.63) is 36.5 Å². The summed E-state index contributed by atoms with van der Waals surface area (Å²) in [6, 6.07) is 0. The fraction of sp³-hybridized carbons (Fsp3) is 0.429. The zero-order valence-electron chi connectivity index (χ0n) is 10.7. The first-order chi connectivity index (χ1) is 8.52. The number of hydrogen-bond donors (Lipinski definition) is 0. The van der Waals surface area contributed by atoms with Gasteiger partial charge < -0.3 is 9.47 Å². The summed E-state index contributed by atoms with van der Waals surface area (Å²) in [5.41, 5.74) is 1.05. The lowest BCUT2D eigenvalue weighted by Crippen LogP contribution is -2.33. The summed E-state index contributed by atoms with van der Waals surface area (Å²) in [5.74, 6) is -0.689. The summed E-state index contributed by atoms with van der Waals surface area (Å²) in [4.78, 5) is 22.7. The Morgan fingerprint density at radius 2 is 2.39 bits per heavy atom. The Bertz CT molecular complexity index is 389. The van der Waals surface area contributed by atoms with Gasteiger partial charge in [0.2, 0.25) is 0 Å². The predicted molar refractivity (Wildman–Crippen MR) is 67.8 cm³/mol. The van der Waals surface area contributed by atoms with Crippen LogP contribution in [0.3, 0.4) is 0 Å². The normalized spacial score (nSPS) is 19.7. The van der Waals surface area contributed by atoms with Gasteiger partial charge >= 0.3 is 11.9 Å². The van der Waals surface area contributed by atoms with Crippen LogP contribution in [0.1, 0.15) is 26.7 Å². The van der Waals surface area contributed by atoms with E-state index in [0.717, 1.165) is 5.57 Å². The van der Waals surface area contributed by atoms with Crippen molar-refractivity contribution in [1.82, 2.24) is 0 Å². The summed E-state index contributed by atoms with van der Waals surface area (Å²) in [7, 11) is 0. The Hall–Kier alpha value is -1.84. The second-order valence-electron chi connectivity index (χ2n) is 4.26. The van der Waals surface area contributed by atoms with Crippen molar-refractivity contribution in [2.24, 2.45) is 0 Å². The largest absolute Gasteiger partial charge is 0.454 e. The minimum Gasteiger partial charge on any atom is -0.454 e. The van der Waals surface area contributed by atoms with Gasteiger partial charge in [-0.15, -0.1) is 0 Å². The third kappa shape index (κ3) is 4.57. The van der Waals surface area contributed by atoms with E-state index in [2.05, 4.69) is 6.58 Å². The molecule has 0 amide bonds. The fourth-order valence-electron chi connectivity index (χ4n) is 1.45. The lowest BCUT2D eigenvalue weighted by atomic mass is 10.1. The molecule has 0 saturated carbocycles. The maximum Gasteiger partial charge on any atom is 0.310 e. The van der Waals surface area contributed by atoms with Crippen LogP contribution in [0, 0.1) is 0 Å². The van der Waals surface area contributed by atoms with Gasteiger partial charge in [0, 0.05) is 0 Å². The molecule has 98 valence electrons. The van der Waals surface area contributed by atoms with E-state index in [4.69, 9.17) is 9.47 Å². The van der Waals surface area contributed by atoms with Crippen molar-refractivity contribution in [2.75, 3.05) is 0 Å². The molecule has 0 N–H and O–H groups in total. The van der Waals surface area contributed by atoms with Gasteiger partial charge in [0.15, 0.2) is 12.2 Å². The minimum absolute atomic E-state index is 0.205. The molecule has 0 aromatic heterocycles. The van der Waals surface area contributed by atoms with Crippen LogP contribution >= 0.6 is 0 Å². The number of ether oxygens (including phenoxy) is 2. The Balaban J connectivity index is 2.56. The first-order valence-electron chi connectivity index (χ1n) is 5.84. The van der Waals surface area contributed by atoms with Crippen LogP contribution < -0.4 is 0 Å². The Kier molecular flexibility index (Phi) is 5.36. The van der Waals surface area contributed by atoms with Gasteiger partial charge in [-0.3, -0.25) is 9.59 Å². The van der Waals surface area contributed by atoms with Gasteiger partial charge in [0.25, 0.3) is 0 Å². The summed E-state index contributed by atoms with van der Waals surface area (Å²) in [6.45, 7) is 7.41. The molecule has 4 heteroatoms. The molecule has 1 aliphatic heterocycles. The highest BCUT2D eigenvalue weighted by molar-refractivity contribution is 5.73. The smallest absolute Gasteiger partial charge is 0.310 e. The second kappa shape index (κ2) is 6.79. The molecule has 0 aliphatic carbocycles. The summed E-state index contributed by atoms with van der Waals surface area (Å²) in [5, 5.41) is 0. The Labute approximate surface area is 107 Å². The van der Waals surface area contributed by atoms with E-state index >= 15 is 0 Å². The van der Waals surface area contributed by atoms with E-state index in [1.54, 1.807) is 18.2 Å². The second-order valence-corrected chi connectivity index (χ2v) is 4.26. The molecule has 4 nitrogen and oxygen atoms in total. The lowest BCUT2D eigenvalue weighted by Gasteiger charge is -2.24. The number of carbonyl (C=O) groups excluding carboxylic acids is 2. The Morgan fingerprint density at radius 3 is 2.94 bits per heavy atom. The molecule has 1 rings (SSSR count). The molecule has 1 aliphatic rings. The van der Waals surface area contributed by atoms with E-state index in [0.29, 0.717) is 0 Å². The molecule has 18 heavy (non-hydrogen) atoms. The number of hydrogen-bond acceptors (Lipinski definition) is 4. The highest BCUT2D eigenvalue weighted by Gasteiger charge is 2.25. The zero-order valence-corrected chi connectivity index (χ0v) is 10.7. The third-order valence-electron chi connectivity index (χ3n) is 2.38. The maximum absolute atomic E-state index is 11.6. The average Bonchev–Trinajstić information content (AvgIpc) is 2.33. The fourth-order valence-corrected chi connectivity index (χ4v) is 1.45. The number of rotatable bonds is 5. The first kappa shape index (κ1) is 14.2. The van der Waals surface area contributed by atoms with Crippen molar-refractivity contribution in [3.8, 4) is 0 Å². The molecule has 2 unspecified atom stereocenters. The van der Waals surface area contributed by atoms with Gasteiger partial charge in [-0.05, 0) is 26.0 Å². The van der Waals surface area contributed by atoms with Crippen molar-refractivity contribution < 1.29 is 19.1 Å². The molecular formula is C14H18O4. The minimum atomic E-state index is -0.636. The third-order valence-corrected chi connectivity index (χ3v) is 2.38. The van der Waals surface area contributed by atoms with E-state index in [9.17, 15) is 9.59 Å². The van der Waals surface area contributed by atoms with Crippen LogP contribution in [-0.4, -0.2) is 24.1 Å². The van der Waals surface area contributed by atoms with Crippen molar-refractivity contribution >= 4 is 11.9 Å². The van der Waals surface area contributed by atoms with E-state index in [1.165, 1.54) is 6.08 Å². The van der Waals surface area contributed by atoms with Gasteiger partial charge in [0.1, 0.15) is 0 Å². The van der Waals surface area contributed by atoms with Crippen LogP contribution in [0.25, 0.3) is 0 Å². The average molecular weight is 250 g/mol. The van der Waals surface area contributed by atoms with Gasteiger partial charge in [0.05, 0.1) is 12.8 Å². The first-order valence-corrected chi connectivity index (χ1v) is 5.84. The zero-order chi connectivity index (χ0) is 13.5. The van der Waals surface area contributed by atoms with Crippen LogP contribution in [0.2, 0.25) is 0 Å². The summed E-state index contributed by atoms with van der Waals surface area (Å²) in [6.07, 6.45) is 5.92. The molecular weight excluding hydrogens is 232 g/mol. The molecule has 2 atom stereocenters. The molecule has 1 heterocycles. The van der Waals surface area contributed by atoms with Crippen LogP contribution in [0.15, 0.2) is 36.5 Å². The van der Waals surface area contributed by atoms with Gasteiger partial charge in [-0.1, -0.05) is 24.3 Å². The highest BCUT2D eigenvalue weighted by Crippen LogP contribution is 2.14. The number of esters is 2. The summed E-state index contributed by atoms with van der Waals surface area (Å²) < 4.78 is 10.3. The SMILES string of the molecule is C=CC(OC(=O)CC=C(C)C)C1C=CCC(=O)O1. The highest BCUT2D eigenvalue weighted by atomic mass is 16.6. The quantitative estimate of drug-likeness (QED) is 0.555. The van der Waals surface area contributed by atoms with Crippen LogP contribution in [0.4, 0.5) is 0 Å². The maximum atomic E-state index is 11.6.